The number of nitrogens with zero attached hydrogens (tertiary/aromatic N) is 3. The van der Waals surface area contributed by atoms with Crippen LogP contribution in [-0.2, 0) is 17.9 Å². The van der Waals surface area contributed by atoms with Gasteiger partial charge in [-0.25, -0.2) is 4.68 Å². The van der Waals surface area contributed by atoms with Gasteiger partial charge in [0.25, 0.3) is 0 Å². The van der Waals surface area contributed by atoms with Crippen LogP contribution in [0.2, 0.25) is 0 Å². The SMILES string of the molecule is COCc1c(CN)nnn1-c1cc(OC)ccc1OC. The maximum atomic E-state index is 5.67. The molecule has 7 heteroatoms. The van der Waals surface area contributed by atoms with Crippen molar-refractivity contribution in [3.8, 4) is 17.2 Å². The van der Waals surface area contributed by atoms with E-state index >= 15 is 0 Å². The van der Waals surface area contributed by atoms with E-state index in [1.54, 1.807) is 26.0 Å². The Hall–Kier alpha value is -2.12. The zero-order valence-electron chi connectivity index (χ0n) is 11.8. The van der Waals surface area contributed by atoms with Crippen molar-refractivity contribution in [2.24, 2.45) is 5.73 Å². The summed E-state index contributed by atoms with van der Waals surface area (Å²) in [6.45, 7) is 0.658. The zero-order chi connectivity index (χ0) is 14.5. The third-order valence-electron chi connectivity index (χ3n) is 2.93. The lowest BCUT2D eigenvalue weighted by Crippen LogP contribution is -2.08. The highest BCUT2D eigenvalue weighted by atomic mass is 16.5. The fourth-order valence-electron chi connectivity index (χ4n) is 1.93. The van der Waals surface area contributed by atoms with Crippen LogP contribution in [0.25, 0.3) is 5.69 Å². The lowest BCUT2D eigenvalue weighted by Gasteiger charge is -2.12. The smallest absolute Gasteiger partial charge is 0.144 e. The fraction of sp³-hybridized carbons (Fsp3) is 0.385. The van der Waals surface area contributed by atoms with Crippen LogP contribution in [0.4, 0.5) is 0 Å². The summed E-state index contributed by atoms with van der Waals surface area (Å²) in [6.07, 6.45) is 0. The molecular formula is C13H18N4O3. The van der Waals surface area contributed by atoms with E-state index < -0.39 is 0 Å². The molecule has 0 bridgehead atoms. The third-order valence-corrected chi connectivity index (χ3v) is 2.93. The fourth-order valence-corrected chi connectivity index (χ4v) is 1.93. The number of ether oxygens (including phenoxy) is 3. The van der Waals surface area contributed by atoms with Crippen molar-refractivity contribution in [1.29, 1.82) is 0 Å². The number of benzene rings is 1. The van der Waals surface area contributed by atoms with Crippen LogP contribution in [0.1, 0.15) is 11.4 Å². The Kier molecular flexibility index (Phi) is 4.54. The second-order valence-corrected chi connectivity index (χ2v) is 4.07. The van der Waals surface area contributed by atoms with Gasteiger partial charge < -0.3 is 19.9 Å². The van der Waals surface area contributed by atoms with Crippen molar-refractivity contribution < 1.29 is 14.2 Å². The van der Waals surface area contributed by atoms with E-state index in [4.69, 9.17) is 19.9 Å². The maximum absolute atomic E-state index is 5.67. The highest BCUT2D eigenvalue weighted by Gasteiger charge is 2.16. The molecule has 7 nitrogen and oxygen atoms in total. The Labute approximate surface area is 117 Å². The molecule has 2 aromatic rings. The second kappa shape index (κ2) is 6.36. The molecule has 0 unspecified atom stereocenters. The van der Waals surface area contributed by atoms with Crippen molar-refractivity contribution in [3.63, 3.8) is 0 Å². The molecule has 20 heavy (non-hydrogen) atoms. The summed E-state index contributed by atoms with van der Waals surface area (Å²) in [5, 5.41) is 8.20. The van der Waals surface area contributed by atoms with E-state index in [0.29, 0.717) is 30.3 Å². The van der Waals surface area contributed by atoms with Gasteiger partial charge in [0.05, 0.1) is 26.5 Å². The molecule has 0 spiro atoms. The van der Waals surface area contributed by atoms with Crippen LogP contribution in [0.15, 0.2) is 18.2 Å². The molecule has 0 atom stereocenters. The summed E-state index contributed by atoms with van der Waals surface area (Å²) < 4.78 is 17.4. The molecular weight excluding hydrogens is 260 g/mol. The number of aromatic nitrogens is 3. The van der Waals surface area contributed by atoms with Gasteiger partial charge >= 0.3 is 0 Å². The van der Waals surface area contributed by atoms with Crippen LogP contribution in [0.5, 0.6) is 11.5 Å². The Morgan fingerprint density at radius 2 is 2.00 bits per heavy atom. The van der Waals surface area contributed by atoms with Crippen LogP contribution < -0.4 is 15.2 Å². The largest absolute Gasteiger partial charge is 0.497 e. The van der Waals surface area contributed by atoms with Crippen LogP contribution >= 0.6 is 0 Å². The molecule has 0 fully saturated rings. The number of methoxy groups -OCH3 is 3. The maximum Gasteiger partial charge on any atom is 0.144 e. The Morgan fingerprint density at radius 1 is 1.20 bits per heavy atom. The van der Waals surface area contributed by atoms with Gasteiger partial charge in [-0.05, 0) is 12.1 Å². The Balaban J connectivity index is 2.57. The van der Waals surface area contributed by atoms with Crippen molar-refractivity contribution in [2.45, 2.75) is 13.2 Å². The monoisotopic (exact) mass is 278 g/mol. The third kappa shape index (κ3) is 2.59. The number of nitrogens with two attached hydrogens (primary N) is 1. The minimum absolute atomic E-state index is 0.297. The number of hydrogen-bond acceptors (Lipinski definition) is 6. The summed E-state index contributed by atoms with van der Waals surface area (Å²) in [5.41, 5.74) is 7.88. The van der Waals surface area contributed by atoms with E-state index in [0.717, 1.165) is 11.4 Å². The highest BCUT2D eigenvalue weighted by molar-refractivity contribution is 5.51. The predicted octanol–water partition coefficient (Wildman–Crippen LogP) is 0.890. The first kappa shape index (κ1) is 14.3. The molecule has 1 heterocycles. The molecule has 108 valence electrons. The van der Waals surface area contributed by atoms with E-state index in [2.05, 4.69) is 10.3 Å². The summed E-state index contributed by atoms with van der Waals surface area (Å²) in [7, 11) is 4.82. The predicted molar refractivity (Wildman–Crippen MR) is 73.1 cm³/mol. The van der Waals surface area contributed by atoms with E-state index in [9.17, 15) is 0 Å². The highest BCUT2D eigenvalue weighted by Crippen LogP contribution is 2.28. The van der Waals surface area contributed by atoms with Gasteiger partial charge in [0, 0.05) is 19.7 Å². The second-order valence-electron chi connectivity index (χ2n) is 4.07. The van der Waals surface area contributed by atoms with Gasteiger partial charge in [-0.15, -0.1) is 5.10 Å². The van der Waals surface area contributed by atoms with Crippen molar-refractivity contribution >= 4 is 0 Å². The number of rotatable bonds is 6. The van der Waals surface area contributed by atoms with Crippen LogP contribution in [0, 0.1) is 0 Å². The van der Waals surface area contributed by atoms with E-state index in [-0.39, 0.29) is 0 Å². The molecule has 2 N–H and O–H groups in total. The first-order valence-corrected chi connectivity index (χ1v) is 6.10. The summed E-state index contributed by atoms with van der Waals surface area (Å²) >= 11 is 0. The van der Waals surface area contributed by atoms with Crippen LogP contribution in [-0.4, -0.2) is 36.3 Å². The van der Waals surface area contributed by atoms with E-state index in [1.165, 1.54) is 0 Å². The molecule has 0 radical (unpaired) electrons. The minimum atomic E-state index is 0.297. The summed E-state index contributed by atoms with van der Waals surface area (Å²) in [6, 6.07) is 5.46. The van der Waals surface area contributed by atoms with Crippen molar-refractivity contribution in [2.75, 3.05) is 21.3 Å². The van der Waals surface area contributed by atoms with Gasteiger partial charge in [0.15, 0.2) is 0 Å². The lowest BCUT2D eigenvalue weighted by molar-refractivity contribution is 0.178. The zero-order valence-corrected chi connectivity index (χ0v) is 11.8. The summed E-state index contributed by atoms with van der Waals surface area (Å²) in [5.74, 6) is 1.37. The molecule has 0 saturated carbocycles. The average molecular weight is 278 g/mol. The lowest BCUT2D eigenvalue weighted by atomic mass is 10.2. The average Bonchev–Trinajstić information content (AvgIpc) is 2.89. The molecule has 0 amide bonds. The van der Waals surface area contributed by atoms with E-state index in [1.807, 2.05) is 18.2 Å². The molecule has 0 saturated heterocycles. The quantitative estimate of drug-likeness (QED) is 0.844. The molecule has 1 aromatic heterocycles. The summed E-state index contributed by atoms with van der Waals surface area (Å²) in [4.78, 5) is 0. The first-order valence-electron chi connectivity index (χ1n) is 6.10. The Morgan fingerprint density at radius 3 is 2.60 bits per heavy atom. The van der Waals surface area contributed by atoms with Crippen molar-refractivity contribution in [1.82, 2.24) is 15.0 Å². The van der Waals surface area contributed by atoms with Gasteiger partial charge in [0.2, 0.25) is 0 Å². The van der Waals surface area contributed by atoms with Crippen LogP contribution in [0.3, 0.4) is 0 Å². The molecule has 0 aliphatic carbocycles. The van der Waals surface area contributed by atoms with Crippen molar-refractivity contribution in [3.05, 3.63) is 29.6 Å². The van der Waals surface area contributed by atoms with Gasteiger partial charge in [0.1, 0.15) is 22.9 Å². The first-order chi connectivity index (χ1) is 9.74. The number of hydrogen-bond donors (Lipinski definition) is 1. The minimum Gasteiger partial charge on any atom is -0.497 e. The normalized spacial score (nSPS) is 10.6. The molecule has 0 aliphatic heterocycles. The molecule has 0 aliphatic rings. The Bertz CT molecular complexity index is 583. The molecule has 2 rings (SSSR count). The topological polar surface area (TPSA) is 84.4 Å². The van der Waals surface area contributed by atoms with Gasteiger partial charge in [-0.1, -0.05) is 5.21 Å². The molecule has 1 aromatic carbocycles. The van der Waals surface area contributed by atoms with Gasteiger partial charge in [-0.3, -0.25) is 0 Å². The standard InChI is InChI=1S/C13H18N4O3/c1-18-8-12-10(7-14)15-16-17(12)11-6-9(19-2)4-5-13(11)20-3/h4-6H,7-8,14H2,1-3H3. The van der Waals surface area contributed by atoms with Gasteiger partial charge in [-0.2, -0.15) is 0 Å².